The number of aryl methyl sites for hydroxylation is 1. The van der Waals surface area contributed by atoms with Crippen molar-refractivity contribution in [1.82, 2.24) is 14.8 Å². The third-order valence-electron chi connectivity index (χ3n) is 2.39. The summed E-state index contributed by atoms with van der Waals surface area (Å²) in [6, 6.07) is 7.11. The Morgan fingerprint density at radius 3 is 2.65 bits per heavy atom. The molecule has 0 unspecified atom stereocenters. The molecule has 0 atom stereocenters. The minimum Gasteiger partial charge on any atom is -0.326 e. The monoisotopic (exact) mass is 231 g/mol. The zero-order valence-electron chi connectivity index (χ0n) is 9.42. The summed E-state index contributed by atoms with van der Waals surface area (Å²) in [5.41, 5.74) is 7.03. The molecule has 0 aliphatic rings. The van der Waals surface area contributed by atoms with E-state index < -0.39 is 0 Å². The molecule has 0 aliphatic heterocycles. The van der Waals surface area contributed by atoms with Gasteiger partial charge in [-0.15, -0.1) is 0 Å². The van der Waals surface area contributed by atoms with E-state index in [2.05, 4.69) is 15.4 Å². The number of anilines is 1. The number of rotatable bonds is 3. The van der Waals surface area contributed by atoms with Gasteiger partial charge in [0.05, 0.1) is 0 Å². The second-order valence-corrected chi connectivity index (χ2v) is 3.56. The van der Waals surface area contributed by atoms with Gasteiger partial charge in [-0.25, -0.2) is 4.68 Å². The fourth-order valence-electron chi connectivity index (χ4n) is 1.38. The van der Waals surface area contributed by atoms with Crippen molar-refractivity contribution in [1.29, 1.82) is 0 Å². The van der Waals surface area contributed by atoms with E-state index in [1.807, 2.05) is 12.1 Å². The van der Waals surface area contributed by atoms with Gasteiger partial charge in [-0.05, 0) is 17.7 Å². The van der Waals surface area contributed by atoms with Crippen molar-refractivity contribution >= 4 is 11.9 Å². The summed E-state index contributed by atoms with van der Waals surface area (Å²) < 4.78 is 1.49. The first kappa shape index (κ1) is 11.3. The van der Waals surface area contributed by atoms with E-state index in [0.717, 1.165) is 5.56 Å². The molecular weight excluding hydrogens is 218 g/mol. The number of amides is 1. The van der Waals surface area contributed by atoms with Crippen molar-refractivity contribution in [3.8, 4) is 0 Å². The predicted octanol–water partition coefficient (Wildman–Crippen LogP) is 0.526. The fourth-order valence-corrected chi connectivity index (χ4v) is 1.38. The van der Waals surface area contributed by atoms with Gasteiger partial charge in [0.15, 0.2) is 0 Å². The molecule has 1 aromatic heterocycles. The van der Waals surface area contributed by atoms with Gasteiger partial charge in [0.25, 0.3) is 5.91 Å². The van der Waals surface area contributed by atoms with Gasteiger partial charge in [0, 0.05) is 19.2 Å². The van der Waals surface area contributed by atoms with Gasteiger partial charge in [-0.2, -0.15) is 10.1 Å². The standard InChI is InChI=1S/C11H13N5O/c1-16-11(13-7-14-16)15-10(17)9-4-2-8(6-12)3-5-9/h2-5,7H,6,12H2,1H3,(H,13,14,15,17). The molecule has 0 bridgehead atoms. The van der Waals surface area contributed by atoms with Crippen molar-refractivity contribution in [3.63, 3.8) is 0 Å². The highest BCUT2D eigenvalue weighted by Crippen LogP contribution is 2.07. The Morgan fingerprint density at radius 2 is 2.12 bits per heavy atom. The van der Waals surface area contributed by atoms with Gasteiger partial charge >= 0.3 is 0 Å². The minimum absolute atomic E-state index is 0.218. The van der Waals surface area contributed by atoms with Crippen LogP contribution in [0.5, 0.6) is 0 Å². The predicted molar refractivity (Wildman–Crippen MR) is 63.3 cm³/mol. The fraction of sp³-hybridized carbons (Fsp3) is 0.182. The van der Waals surface area contributed by atoms with Crippen molar-refractivity contribution in [2.24, 2.45) is 12.8 Å². The van der Waals surface area contributed by atoms with Crippen LogP contribution in [0.4, 0.5) is 5.95 Å². The highest BCUT2D eigenvalue weighted by Gasteiger charge is 2.08. The summed E-state index contributed by atoms with van der Waals surface area (Å²) in [6.07, 6.45) is 1.38. The van der Waals surface area contributed by atoms with E-state index in [1.54, 1.807) is 19.2 Å². The number of aromatic nitrogens is 3. The van der Waals surface area contributed by atoms with E-state index in [9.17, 15) is 4.79 Å². The van der Waals surface area contributed by atoms with Crippen LogP contribution in [0.1, 0.15) is 15.9 Å². The Labute approximate surface area is 98.5 Å². The molecule has 0 aliphatic carbocycles. The minimum atomic E-state index is -0.218. The first-order valence-corrected chi connectivity index (χ1v) is 5.15. The molecule has 1 amide bonds. The van der Waals surface area contributed by atoms with Gasteiger partial charge in [0.2, 0.25) is 5.95 Å². The smallest absolute Gasteiger partial charge is 0.258 e. The number of carbonyl (C=O) groups is 1. The molecule has 0 radical (unpaired) electrons. The number of nitrogens with one attached hydrogen (secondary N) is 1. The van der Waals surface area contributed by atoms with Crippen molar-refractivity contribution in [2.75, 3.05) is 5.32 Å². The molecule has 0 fully saturated rings. The van der Waals surface area contributed by atoms with Gasteiger partial charge in [0.1, 0.15) is 6.33 Å². The molecule has 3 N–H and O–H groups in total. The molecule has 6 heteroatoms. The summed E-state index contributed by atoms with van der Waals surface area (Å²) >= 11 is 0. The quantitative estimate of drug-likeness (QED) is 0.806. The molecule has 0 saturated carbocycles. The first-order chi connectivity index (χ1) is 8.20. The maximum absolute atomic E-state index is 11.8. The van der Waals surface area contributed by atoms with Crippen LogP contribution in [0.2, 0.25) is 0 Å². The van der Waals surface area contributed by atoms with Gasteiger partial charge in [-0.3, -0.25) is 10.1 Å². The molecule has 2 aromatic rings. The van der Waals surface area contributed by atoms with Crippen LogP contribution in [-0.2, 0) is 13.6 Å². The van der Waals surface area contributed by atoms with E-state index in [-0.39, 0.29) is 5.91 Å². The zero-order valence-corrected chi connectivity index (χ0v) is 9.42. The maximum atomic E-state index is 11.8. The Kier molecular flexibility index (Phi) is 3.15. The number of carbonyl (C=O) groups excluding carboxylic acids is 1. The van der Waals surface area contributed by atoms with Gasteiger partial charge in [-0.1, -0.05) is 12.1 Å². The maximum Gasteiger partial charge on any atom is 0.258 e. The largest absolute Gasteiger partial charge is 0.326 e. The van der Waals surface area contributed by atoms with Crippen molar-refractivity contribution in [2.45, 2.75) is 6.54 Å². The molecular formula is C11H13N5O. The van der Waals surface area contributed by atoms with Gasteiger partial charge < -0.3 is 5.73 Å². The summed E-state index contributed by atoms with van der Waals surface area (Å²) in [4.78, 5) is 15.8. The average molecular weight is 231 g/mol. The number of hydrogen-bond acceptors (Lipinski definition) is 4. The van der Waals surface area contributed by atoms with E-state index in [4.69, 9.17) is 5.73 Å². The van der Waals surface area contributed by atoms with E-state index >= 15 is 0 Å². The molecule has 1 aromatic carbocycles. The van der Waals surface area contributed by atoms with Crippen LogP contribution in [0.3, 0.4) is 0 Å². The van der Waals surface area contributed by atoms with Crippen LogP contribution in [0.25, 0.3) is 0 Å². The van der Waals surface area contributed by atoms with E-state index in [1.165, 1.54) is 11.0 Å². The lowest BCUT2D eigenvalue weighted by Gasteiger charge is -2.04. The average Bonchev–Trinajstić information content (AvgIpc) is 2.75. The Morgan fingerprint density at radius 1 is 1.41 bits per heavy atom. The van der Waals surface area contributed by atoms with Crippen LogP contribution in [-0.4, -0.2) is 20.7 Å². The molecule has 6 nitrogen and oxygen atoms in total. The summed E-state index contributed by atoms with van der Waals surface area (Å²) in [5.74, 6) is 0.197. The number of nitrogens with two attached hydrogens (primary N) is 1. The Hall–Kier alpha value is -2.21. The Balaban J connectivity index is 2.12. The second-order valence-electron chi connectivity index (χ2n) is 3.56. The molecule has 88 valence electrons. The number of hydrogen-bond donors (Lipinski definition) is 2. The number of benzene rings is 1. The number of nitrogens with zero attached hydrogens (tertiary/aromatic N) is 3. The molecule has 0 saturated heterocycles. The topological polar surface area (TPSA) is 85.8 Å². The zero-order chi connectivity index (χ0) is 12.3. The summed E-state index contributed by atoms with van der Waals surface area (Å²) in [5, 5.41) is 6.53. The summed E-state index contributed by atoms with van der Waals surface area (Å²) in [7, 11) is 1.71. The van der Waals surface area contributed by atoms with Crippen LogP contribution in [0, 0.1) is 0 Å². The lowest BCUT2D eigenvalue weighted by Crippen LogP contribution is -2.15. The SMILES string of the molecule is Cn1ncnc1NC(=O)c1ccc(CN)cc1. The van der Waals surface area contributed by atoms with Crippen molar-refractivity contribution < 1.29 is 4.79 Å². The summed E-state index contributed by atoms with van der Waals surface area (Å²) in [6.45, 7) is 0.463. The van der Waals surface area contributed by atoms with E-state index in [0.29, 0.717) is 18.1 Å². The third kappa shape index (κ3) is 2.48. The van der Waals surface area contributed by atoms with Crippen molar-refractivity contribution in [3.05, 3.63) is 41.7 Å². The molecule has 2 rings (SSSR count). The molecule has 17 heavy (non-hydrogen) atoms. The first-order valence-electron chi connectivity index (χ1n) is 5.15. The normalized spacial score (nSPS) is 10.2. The van der Waals surface area contributed by atoms with Crippen LogP contribution < -0.4 is 11.1 Å². The second kappa shape index (κ2) is 4.75. The van der Waals surface area contributed by atoms with Crippen LogP contribution >= 0.6 is 0 Å². The lowest BCUT2D eigenvalue weighted by atomic mass is 10.1. The lowest BCUT2D eigenvalue weighted by molar-refractivity contribution is 0.102. The van der Waals surface area contributed by atoms with Crippen LogP contribution in [0.15, 0.2) is 30.6 Å². The molecule has 0 spiro atoms. The molecule has 1 heterocycles. The highest BCUT2D eigenvalue weighted by atomic mass is 16.1. The highest BCUT2D eigenvalue weighted by molar-refractivity contribution is 6.03. The third-order valence-corrected chi connectivity index (χ3v) is 2.39. The Bertz CT molecular complexity index is 517.